The molecule has 0 radical (unpaired) electrons. The maximum atomic E-state index is 9.82. The van der Waals surface area contributed by atoms with E-state index in [1.807, 2.05) is 24.3 Å². The highest BCUT2D eigenvalue weighted by Gasteiger charge is 2.46. The highest BCUT2D eigenvalue weighted by molar-refractivity contribution is 5.55. The van der Waals surface area contributed by atoms with Crippen molar-refractivity contribution in [1.29, 1.82) is 0 Å². The van der Waals surface area contributed by atoms with Crippen LogP contribution in [0.2, 0.25) is 0 Å². The van der Waals surface area contributed by atoms with E-state index >= 15 is 0 Å². The van der Waals surface area contributed by atoms with E-state index in [-0.39, 0.29) is 10.8 Å². The average molecular weight is 282 g/mol. The number of allylic oxidation sites excluding steroid dienone is 5. The summed E-state index contributed by atoms with van der Waals surface area (Å²) in [7, 11) is 0. The van der Waals surface area contributed by atoms with Gasteiger partial charge in [-0.2, -0.15) is 0 Å². The van der Waals surface area contributed by atoms with Gasteiger partial charge in [0.25, 0.3) is 0 Å². The summed E-state index contributed by atoms with van der Waals surface area (Å²) in [5.74, 6) is 0.656. The summed E-state index contributed by atoms with van der Waals surface area (Å²) in [4.78, 5) is 0. The number of aromatic hydroxyl groups is 1. The van der Waals surface area contributed by atoms with Gasteiger partial charge in [-0.3, -0.25) is 0 Å². The summed E-state index contributed by atoms with van der Waals surface area (Å²) >= 11 is 0. The molecule has 0 spiro atoms. The van der Waals surface area contributed by atoms with Crippen molar-refractivity contribution >= 4 is 0 Å². The van der Waals surface area contributed by atoms with E-state index in [4.69, 9.17) is 0 Å². The molecule has 1 atom stereocenters. The van der Waals surface area contributed by atoms with E-state index in [2.05, 4.69) is 26.8 Å². The Hall–Kier alpha value is -1.96. The van der Waals surface area contributed by atoms with Crippen molar-refractivity contribution in [3.8, 4) is 5.75 Å². The normalized spacial score (nSPS) is 26.8. The molecule has 1 aromatic rings. The predicted octanol–water partition coefficient (Wildman–Crippen LogP) is 4.66. The van der Waals surface area contributed by atoms with Crippen LogP contribution in [0, 0.1) is 0 Å². The van der Waals surface area contributed by atoms with Crippen LogP contribution in [0.4, 0.5) is 0 Å². The topological polar surface area (TPSA) is 40.5 Å². The minimum absolute atomic E-state index is 0.0271. The Morgan fingerprint density at radius 3 is 2.48 bits per heavy atom. The minimum atomic E-state index is -0.0819. The van der Waals surface area contributed by atoms with Crippen molar-refractivity contribution < 1.29 is 10.2 Å². The molecule has 0 amide bonds. The van der Waals surface area contributed by atoms with E-state index in [1.54, 1.807) is 12.1 Å². The second-order valence-corrected chi connectivity index (χ2v) is 6.98. The minimum Gasteiger partial charge on any atom is -0.508 e. The molecular weight excluding hydrogens is 260 g/mol. The molecule has 0 fully saturated rings. The van der Waals surface area contributed by atoms with Gasteiger partial charge in [0.15, 0.2) is 0 Å². The zero-order chi connectivity index (χ0) is 15.3. The molecule has 0 saturated heterocycles. The highest BCUT2D eigenvalue weighted by Crippen LogP contribution is 2.54. The van der Waals surface area contributed by atoms with Gasteiger partial charge in [0.2, 0.25) is 0 Å². The Labute approximate surface area is 126 Å². The van der Waals surface area contributed by atoms with Crippen LogP contribution in [0.25, 0.3) is 0 Å². The fourth-order valence-electron chi connectivity index (χ4n) is 3.93. The Bertz CT molecular complexity index is 677. The molecule has 1 aromatic carbocycles. The fraction of sp³-hybridized carbons (Fsp3) is 0.368. The fourth-order valence-corrected chi connectivity index (χ4v) is 3.93. The molecule has 0 bridgehead atoms. The molecule has 0 aromatic heterocycles. The number of hydrogen-bond acceptors (Lipinski definition) is 2. The van der Waals surface area contributed by atoms with Crippen molar-refractivity contribution in [1.82, 2.24) is 0 Å². The van der Waals surface area contributed by atoms with Crippen LogP contribution in [-0.2, 0) is 10.8 Å². The quantitative estimate of drug-likeness (QED) is 0.786. The number of benzene rings is 1. The van der Waals surface area contributed by atoms with Crippen molar-refractivity contribution in [2.45, 2.75) is 44.4 Å². The van der Waals surface area contributed by atoms with Crippen molar-refractivity contribution in [3.63, 3.8) is 0 Å². The molecule has 2 heteroatoms. The molecule has 2 aliphatic rings. The van der Waals surface area contributed by atoms with Gasteiger partial charge >= 0.3 is 0 Å². The molecule has 0 aliphatic heterocycles. The summed E-state index contributed by atoms with van der Waals surface area (Å²) in [5.41, 5.74) is 3.68. The Morgan fingerprint density at radius 2 is 1.71 bits per heavy atom. The second-order valence-electron chi connectivity index (χ2n) is 6.98. The van der Waals surface area contributed by atoms with Gasteiger partial charge in [-0.05, 0) is 59.2 Å². The predicted molar refractivity (Wildman–Crippen MR) is 85.7 cm³/mol. The Balaban J connectivity index is 2.13. The van der Waals surface area contributed by atoms with Gasteiger partial charge in [0, 0.05) is 5.41 Å². The molecule has 2 N–H and O–H groups in total. The third-order valence-electron chi connectivity index (χ3n) is 4.86. The number of fused-ring (bicyclic) bond motifs is 1. The van der Waals surface area contributed by atoms with Crippen LogP contribution >= 0.6 is 0 Å². The lowest BCUT2D eigenvalue weighted by Crippen LogP contribution is -2.23. The smallest absolute Gasteiger partial charge is 0.115 e. The van der Waals surface area contributed by atoms with Gasteiger partial charge in [-0.1, -0.05) is 39.0 Å². The van der Waals surface area contributed by atoms with Crippen LogP contribution in [0.15, 0.2) is 53.8 Å². The first-order valence-electron chi connectivity index (χ1n) is 7.45. The number of aliphatic hydroxyl groups excluding tert-OH is 1. The molecule has 1 unspecified atom stereocenters. The highest BCUT2D eigenvalue weighted by atomic mass is 16.3. The Kier molecular flexibility index (Phi) is 3.01. The molecule has 110 valence electrons. The number of hydrogen-bond donors (Lipinski definition) is 2. The van der Waals surface area contributed by atoms with E-state index in [0.717, 1.165) is 12.8 Å². The molecule has 0 saturated carbocycles. The monoisotopic (exact) mass is 282 g/mol. The summed E-state index contributed by atoms with van der Waals surface area (Å²) in [6.45, 7) is 6.72. The van der Waals surface area contributed by atoms with Gasteiger partial charge in [0.05, 0.1) is 0 Å². The molecule has 2 nitrogen and oxygen atoms in total. The molecule has 2 aliphatic carbocycles. The van der Waals surface area contributed by atoms with Crippen LogP contribution in [0.5, 0.6) is 5.75 Å². The van der Waals surface area contributed by atoms with Crippen molar-refractivity contribution in [2.75, 3.05) is 0 Å². The van der Waals surface area contributed by atoms with Gasteiger partial charge in [-0.15, -0.1) is 0 Å². The first-order chi connectivity index (χ1) is 9.83. The summed E-state index contributed by atoms with van der Waals surface area (Å²) in [5, 5.41) is 19.5. The zero-order valence-electron chi connectivity index (χ0n) is 12.9. The van der Waals surface area contributed by atoms with Gasteiger partial charge < -0.3 is 10.2 Å². The second kappa shape index (κ2) is 4.52. The largest absolute Gasteiger partial charge is 0.508 e. The van der Waals surface area contributed by atoms with Crippen LogP contribution in [0.1, 0.15) is 44.7 Å². The van der Waals surface area contributed by atoms with Gasteiger partial charge in [0.1, 0.15) is 11.5 Å². The van der Waals surface area contributed by atoms with Crippen molar-refractivity contribution in [3.05, 3.63) is 65.0 Å². The standard InChI is InChI=1S/C19H22O2/c1-18(2)12-19(3,13-5-4-6-14(20)8-7-13)16-10-9-15(21)11-17(16)18/h5-11,20-21H,4,12H2,1-3H3. The van der Waals surface area contributed by atoms with Crippen LogP contribution in [0.3, 0.4) is 0 Å². The summed E-state index contributed by atoms with van der Waals surface area (Å²) < 4.78 is 0. The van der Waals surface area contributed by atoms with E-state index < -0.39 is 0 Å². The van der Waals surface area contributed by atoms with E-state index in [1.165, 1.54) is 16.7 Å². The number of phenolic OH excluding ortho intramolecular Hbond substituents is 1. The average Bonchev–Trinajstić information content (AvgIpc) is 2.57. The number of rotatable bonds is 1. The van der Waals surface area contributed by atoms with Gasteiger partial charge in [-0.25, -0.2) is 0 Å². The Morgan fingerprint density at radius 1 is 0.952 bits per heavy atom. The zero-order valence-corrected chi connectivity index (χ0v) is 12.9. The van der Waals surface area contributed by atoms with E-state index in [0.29, 0.717) is 11.5 Å². The lowest BCUT2D eigenvalue weighted by Gasteiger charge is -2.29. The third-order valence-corrected chi connectivity index (χ3v) is 4.86. The van der Waals surface area contributed by atoms with E-state index in [9.17, 15) is 10.2 Å². The first kappa shape index (κ1) is 14.0. The lowest BCUT2D eigenvalue weighted by molar-refractivity contribution is 0.422. The molecule has 0 heterocycles. The SMILES string of the molecule is CC1(C)CC(C)(C2=CCC=C(O)C=C2)c2ccc(O)cc21. The first-order valence-corrected chi connectivity index (χ1v) is 7.45. The van der Waals surface area contributed by atoms with Crippen LogP contribution < -0.4 is 0 Å². The summed E-state index contributed by atoms with van der Waals surface area (Å²) in [6.07, 6.45) is 9.56. The lowest BCUT2D eigenvalue weighted by atomic mass is 9.74. The molecular formula is C19H22O2. The van der Waals surface area contributed by atoms with Crippen molar-refractivity contribution in [2.24, 2.45) is 0 Å². The van der Waals surface area contributed by atoms with Crippen LogP contribution in [-0.4, -0.2) is 10.2 Å². The molecule has 21 heavy (non-hydrogen) atoms. The maximum absolute atomic E-state index is 9.82. The number of aliphatic hydroxyl groups is 1. The molecule has 3 rings (SSSR count). The third kappa shape index (κ3) is 2.19. The maximum Gasteiger partial charge on any atom is 0.115 e. The number of phenols is 1. The summed E-state index contributed by atoms with van der Waals surface area (Å²) in [6, 6.07) is 5.72.